The third-order valence-electron chi connectivity index (χ3n) is 9.17. The molecule has 0 atom stereocenters. The first kappa shape index (κ1) is 25.5. The zero-order chi connectivity index (χ0) is 30.2. The van der Waals surface area contributed by atoms with Crippen molar-refractivity contribution >= 4 is 70.5 Å². The van der Waals surface area contributed by atoms with Crippen molar-refractivity contribution in [2.45, 2.75) is 0 Å². The Labute approximate surface area is 269 Å². The standard InChI is InChI=1S/C42H25N3S/c1-2-12-26(13-3-1)27-14-10-16-29(24-27)41-30-17-4-7-20-33(30)43-42(44-41)45-34-21-8-5-18-31(34)40-38-28(15-11-22-35(38)45)25-37-39(40)32-19-6-9-23-36(32)46-37/h1-25H. The Morgan fingerprint density at radius 1 is 0.478 bits per heavy atom. The molecule has 10 rings (SSSR count). The number of anilines is 3. The number of para-hydroxylation sites is 2. The number of fused-ring (bicyclic) bond motifs is 7. The molecule has 2 aromatic heterocycles. The lowest BCUT2D eigenvalue weighted by Gasteiger charge is -2.32. The van der Waals surface area contributed by atoms with Gasteiger partial charge in [0.2, 0.25) is 5.95 Å². The number of aromatic nitrogens is 2. The van der Waals surface area contributed by atoms with Crippen molar-refractivity contribution in [1.82, 2.24) is 9.97 Å². The quantitative estimate of drug-likeness (QED) is 0.201. The second-order valence-electron chi connectivity index (χ2n) is 11.8. The van der Waals surface area contributed by atoms with E-state index in [0.717, 1.165) is 39.1 Å². The van der Waals surface area contributed by atoms with E-state index in [2.05, 4.69) is 157 Å². The second-order valence-corrected chi connectivity index (χ2v) is 12.9. The summed E-state index contributed by atoms with van der Waals surface area (Å²) < 4.78 is 2.62. The molecule has 0 bridgehead atoms. The van der Waals surface area contributed by atoms with Crippen LogP contribution in [0, 0.1) is 0 Å². The van der Waals surface area contributed by atoms with E-state index in [-0.39, 0.29) is 0 Å². The highest BCUT2D eigenvalue weighted by Gasteiger charge is 2.30. The molecule has 0 N–H and O–H groups in total. The molecule has 9 aromatic rings. The third kappa shape index (κ3) is 3.71. The van der Waals surface area contributed by atoms with E-state index in [4.69, 9.17) is 9.97 Å². The van der Waals surface area contributed by atoms with Gasteiger partial charge in [-0.05, 0) is 52.9 Å². The highest BCUT2D eigenvalue weighted by atomic mass is 32.1. The van der Waals surface area contributed by atoms with Crippen molar-refractivity contribution in [2.24, 2.45) is 0 Å². The Morgan fingerprint density at radius 2 is 1.20 bits per heavy atom. The van der Waals surface area contributed by atoms with Crippen molar-refractivity contribution in [3.8, 4) is 33.5 Å². The molecule has 7 aromatic carbocycles. The minimum absolute atomic E-state index is 0.666. The Morgan fingerprint density at radius 3 is 2.13 bits per heavy atom. The van der Waals surface area contributed by atoms with Crippen LogP contribution in [0.15, 0.2) is 152 Å². The second kappa shape index (κ2) is 9.83. The summed E-state index contributed by atoms with van der Waals surface area (Å²) in [6, 6.07) is 54.0. The Kier molecular flexibility index (Phi) is 5.45. The molecule has 0 amide bonds. The zero-order valence-electron chi connectivity index (χ0n) is 24.7. The summed E-state index contributed by atoms with van der Waals surface area (Å²) in [5, 5.41) is 6.13. The molecule has 46 heavy (non-hydrogen) atoms. The van der Waals surface area contributed by atoms with Crippen LogP contribution < -0.4 is 4.90 Å². The Balaban J connectivity index is 1.27. The minimum atomic E-state index is 0.666. The van der Waals surface area contributed by atoms with Gasteiger partial charge >= 0.3 is 0 Å². The van der Waals surface area contributed by atoms with Crippen LogP contribution in [0.1, 0.15) is 0 Å². The van der Waals surface area contributed by atoms with E-state index in [1.807, 2.05) is 11.3 Å². The van der Waals surface area contributed by atoms with Gasteiger partial charge in [0.15, 0.2) is 0 Å². The van der Waals surface area contributed by atoms with Gasteiger partial charge in [-0.15, -0.1) is 11.3 Å². The first-order chi connectivity index (χ1) is 22.8. The van der Waals surface area contributed by atoms with Gasteiger partial charge in [-0.25, -0.2) is 9.97 Å². The fourth-order valence-corrected chi connectivity index (χ4v) is 8.35. The normalized spacial score (nSPS) is 12.3. The van der Waals surface area contributed by atoms with Gasteiger partial charge in [-0.2, -0.15) is 0 Å². The van der Waals surface area contributed by atoms with Crippen LogP contribution in [-0.4, -0.2) is 9.97 Å². The van der Waals surface area contributed by atoms with Crippen molar-refractivity contribution in [3.05, 3.63) is 152 Å². The highest BCUT2D eigenvalue weighted by molar-refractivity contribution is 7.26. The predicted molar refractivity (Wildman–Crippen MR) is 194 cm³/mol. The lowest BCUT2D eigenvalue weighted by Crippen LogP contribution is -2.18. The van der Waals surface area contributed by atoms with Gasteiger partial charge in [-0.3, -0.25) is 4.90 Å². The third-order valence-corrected chi connectivity index (χ3v) is 10.3. The summed E-state index contributed by atoms with van der Waals surface area (Å²) in [5.74, 6) is 0.666. The molecule has 0 spiro atoms. The summed E-state index contributed by atoms with van der Waals surface area (Å²) in [6.07, 6.45) is 0. The summed E-state index contributed by atoms with van der Waals surface area (Å²) in [7, 11) is 0. The van der Waals surface area contributed by atoms with E-state index in [1.165, 1.54) is 47.6 Å². The number of benzene rings is 7. The zero-order valence-corrected chi connectivity index (χ0v) is 25.5. The van der Waals surface area contributed by atoms with E-state index < -0.39 is 0 Å². The molecular formula is C42H25N3S. The molecule has 0 fully saturated rings. The van der Waals surface area contributed by atoms with Crippen molar-refractivity contribution in [3.63, 3.8) is 0 Å². The molecule has 3 heterocycles. The maximum atomic E-state index is 5.41. The van der Waals surface area contributed by atoms with Gasteiger partial charge in [-0.1, -0.05) is 115 Å². The molecule has 1 aliphatic rings. The first-order valence-corrected chi connectivity index (χ1v) is 16.3. The van der Waals surface area contributed by atoms with Crippen molar-refractivity contribution < 1.29 is 0 Å². The SMILES string of the molecule is c1ccc(-c2cccc(-c3nc(N4c5ccccc5-c5c6c4cccc6cc4sc6ccccc6c54)nc4ccccc34)c2)cc1. The molecule has 0 unspecified atom stereocenters. The van der Waals surface area contributed by atoms with Crippen molar-refractivity contribution in [2.75, 3.05) is 4.90 Å². The van der Waals surface area contributed by atoms with Crippen LogP contribution >= 0.6 is 11.3 Å². The van der Waals surface area contributed by atoms with Crippen LogP contribution in [-0.2, 0) is 0 Å². The van der Waals surface area contributed by atoms with E-state index in [0.29, 0.717) is 5.95 Å². The van der Waals surface area contributed by atoms with Crippen LogP contribution in [0.4, 0.5) is 17.3 Å². The van der Waals surface area contributed by atoms with Gasteiger partial charge in [0.25, 0.3) is 0 Å². The fraction of sp³-hybridized carbons (Fsp3) is 0. The number of rotatable bonds is 3. The maximum absolute atomic E-state index is 5.41. The van der Waals surface area contributed by atoms with Gasteiger partial charge in [0.05, 0.1) is 22.6 Å². The van der Waals surface area contributed by atoms with E-state index in [1.54, 1.807) is 0 Å². The monoisotopic (exact) mass is 603 g/mol. The fourth-order valence-electron chi connectivity index (χ4n) is 7.18. The maximum Gasteiger partial charge on any atom is 0.235 e. The molecule has 0 radical (unpaired) electrons. The molecule has 0 saturated carbocycles. The van der Waals surface area contributed by atoms with Crippen LogP contribution in [0.5, 0.6) is 0 Å². The molecule has 1 aliphatic heterocycles. The molecule has 214 valence electrons. The molecule has 0 saturated heterocycles. The number of thiophene rings is 1. The van der Waals surface area contributed by atoms with Crippen LogP contribution in [0.2, 0.25) is 0 Å². The molecule has 3 nitrogen and oxygen atoms in total. The Hall–Kier alpha value is -5.84. The average Bonchev–Trinajstić information content (AvgIpc) is 3.50. The van der Waals surface area contributed by atoms with Crippen LogP contribution in [0.25, 0.3) is 75.4 Å². The van der Waals surface area contributed by atoms with Crippen LogP contribution in [0.3, 0.4) is 0 Å². The molecule has 0 aliphatic carbocycles. The minimum Gasteiger partial charge on any atom is -0.278 e. The number of nitrogens with zero attached hydrogens (tertiary/aromatic N) is 3. The summed E-state index contributed by atoms with van der Waals surface area (Å²) in [5.41, 5.74) is 9.94. The average molecular weight is 604 g/mol. The summed E-state index contributed by atoms with van der Waals surface area (Å²) in [4.78, 5) is 12.9. The number of hydrogen-bond acceptors (Lipinski definition) is 4. The van der Waals surface area contributed by atoms with E-state index >= 15 is 0 Å². The lowest BCUT2D eigenvalue weighted by molar-refractivity contribution is 1.11. The summed E-state index contributed by atoms with van der Waals surface area (Å²) in [6.45, 7) is 0. The largest absolute Gasteiger partial charge is 0.278 e. The smallest absolute Gasteiger partial charge is 0.235 e. The van der Waals surface area contributed by atoms with Gasteiger partial charge in [0, 0.05) is 47.6 Å². The predicted octanol–water partition coefficient (Wildman–Crippen LogP) is 11.9. The first-order valence-electron chi connectivity index (χ1n) is 15.5. The van der Waals surface area contributed by atoms with E-state index in [9.17, 15) is 0 Å². The summed E-state index contributed by atoms with van der Waals surface area (Å²) >= 11 is 1.87. The Bertz CT molecular complexity index is 2660. The van der Waals surface area contributed by atoms with Crippen molar-refractivity contribution in [1.29, 1.82) is 0 Å². The molecular weight excluding hydrogens is 579 g/mol. The lowest BCUT2D eigenvalue weighted by atomic mass is 9.88. The highest BCUT2D eigenvalue weighted by Crippen LogP contribution is 2.55. The van der Waals surface area contributed by atoms with Gasteiger partial charge in [0.1, 0.15) is 0 Å². The number of hydrogen-bond donors (Lipinski definition) is 0. The topological polar surface area (TPSA) is 29.0 Å². The van der Waals surface area contributed by atoms with Gasteiger partial charge < -0.3 is 0 Å². The molecule has 4 heteroatoms.